The van der Waals surface area contributed by atoms with Crippen molar-refractivity contribution in [3.63, 3.8) is 0 Å². The van der Waals surface area contributed by atoms with E-state index in [2.05, 4.69) is 6.58 Å². The summed E-state index contributed by atoms with van der Waals surface area (Å²) in [7, 11) is 1.31. The molecule has 0 aromatic rings. The van der Waals surface area contributed by atoms with Gasteiger partial charge >= 0.3 is 6.18 Å². The van der Waals surface area contributed by atoms with Crippen LogP contribution in [0, 0.1) is 5.92 Å². The van der Waals surface area contributed by atoms with E-state index in [1.54, 1.807) is 13.8 Å². The molecule has 0 aliphatic heterocycles. The Morgan fingerprint density at radius 1 is 1.40 bits per heavy atom. The molecule has 0 rings (SSSR count). The molecule has 2 nitrogen and oxygen atoms in total. The van der Waals surface area contributed by atoms with Crippen molar-refractivity contribution in [1.29, 1.82) is 0 Å². The van der Waals surface area contributed by atoms with Crippen molar-refractivity contribution in [2.75, 3.05) is 20.1 Å². The van der Waals surface area contributed by atoms with Crippen molar-refractivity contribution in [3.05, 3.63) is 12.2 Å². The van der Waals surface area contributed by atoms with Gasteiger partial charge in [0.05, 0.1) is 6.54 Å². The van der Waals surface area contributed by atoms with E-state index in [1.807, 2.05) is 0 Å². The molecule has 88 valence electrons. The van der Waals surface area contributed by atoms with Crippen LogP contribution in [-0.2, 0) is 4.79 Å². The molecular weight excluding hydrogens is 207 g/mol. The van der Waals surface area contributed by atoms with E-state index in [0.717, 1.165) is 4.90 Å². The number of halogens is 3. The van der Waals surface area contributed by atoms with Crippen LogP contribution in [-0.4, -0.2) is 37.0 Å². The lowest BCUT2D eigenvalue weighted by atomic mass is 10.0. The number of ketones is 1. The van der Waals surface area contributed by atoms with Crippen molar-refractivity contribution in [3.8, 4) is 0 Å². The highest BCUT2D eigenvalue weighted by Crippen LogP contribution is 2.16. The fourth-order valence-electron chi connectivity index (χ4n) is 1.17. The fourth-order valence-corrected chi connectivity index (χ4v) is 1.17. The minimum absolute atomic E-state index is 0.0451. The van der Waals surface area contributed by atoms with Crippen molar-refractivity contribution in [2.24, 2.45) is 5.92 Å². The molecule has 0 heterocycles. The zero-order valence-corrected chi connectivity index (χ0v) is 9.19. The van der Waals surface area contributed by atoms with Crippen LogP contribution in [0.1, 0.15) is 13.8 Å². The Labute approximate surface area is 87.8 Å². The molecule has 0 saturated carbocycles. The minimum Gasteiger partial charge on any atom is -0.294 e. The van der Waals surface area contributed by atoms with Crippen molar-refractivity contribution < 1.29 is 18.0 Å². The summed E-state index contributed by atoms with van der Waals surface area (Å²) in [5.41, 5.74) is 0.219. The topological polar surface area (TPSA) is 20.3 Å². The van der Waals surface area contributed by atoms with Gasteiger partial charge in [0.1, 0.15) is 0 Å². The molecule has 0 radical (unpaired) electrons. The van der Waals surface area contributed by atoms with Crippen LogP contribution in [0.5, 0.6) is 0 Å². The van der Waals surface area contributed by atoms with Gasteiger partial charge in [-0.05, 0) is 7.05 Å². The Kier molecular flexibility index (Phi) is 5.00. The van der Waals surface area contributed by atoms with Crippen LogP contribution < -0.4 is 0 Å². The van der Waals surface area contributed by atoms with Gasteiger partial charge in [0, 0.05) is 18.0 Å². The zero-order valence-electron chi connectivity index (χ0n) is 9.19. The summed E-state index contributed by atoms with van der Waals surface area (Å²) >= 11 is 0. The molecule has 0 N–H and O–H groups in total. The molecular formula is C10H16F3NO. The minimum atomic E-state index is -4.24. The third kappa shape index (κ3) is 6.28. The van der Waals surface area contributed by atoms with Gasteiger partial charge in [-0.2, -0.15) is 13.2 Å². The highest BCUT2D eigenvalue weighted by molar-refractivity contribution is 5.96. The summed E-state index contributed by atoms with van der Waals surface area (Å²) in [5, 5.41) is 0. The molecule has 15 heavy (non-hydrogen) atoms. The molecule has 0 saturated heterocycles. The monoisotopic (exact) mass is 223 g/mol. The lowest BCUT2D eigenvalue weighted by Crippen LogP contribution is -2.33. The molecule has 0 fully saturated rings. The van der Waals surface area contributed by atoms with Gasteiger partial charge in [-0.1, -0.05) is 20.4 Å². The van der Waals surface area contributed by atoms with Gasteiger partial charge < -0.3 is 0 Å². The van der Waals surface area contributed by atoms with Gasteiger partial charge in [-0.3, -0.25) is 9.69 Å². The van der Waals surface area contributed by atoms with Crippen LogP contribution in [0.25, 0.3) is 0 Å². The van der Waals surface area contributed by atoms with Crippen LogP contribution in [0.3, 0.4) is 0 Å². The number of Topliss-reactive ketones (excluding diaryl/α,β-unsaturated/α-hetero) is 1. The lowest BCUT2D eigenvalue weighted by Gasteiger charge is -2.19. The summed E-state index contributed by atoms with van der Waals surface area (Å²) in [6.45, 7) is 5.80. The van der Waals surface area contributed by atoms with Gasteiger partial charge in [0.25, 0.3) is 0 Å². The SMILES string of the molecule is C=C(CN(C)CC(F)(F)F)C(=O)C(C)C. The molecule has 0 bridgehead atoms. The number of carbonyl (C=O) groups is 1. The number of alkyl halides is 3. The Morgan fingerprint density at radius 2 is 1.87 bits per heavy atom. The maximum absolute atomic E-state index is 12.0. The molecule has 0 aliphatic rings. The molecule has 0 aliphatic carbocycles. The maximum Gasteiger partial charge on any atom is 0.401 e. The summed E-state index contributed by atoms with van der Waals surface area (Å²) in [6.07, 6.45) is -4.24. The average Bonchev–Trinajstić information content (AvgIpc) is 1.98. The van der Waals surface area contributed by atoms with E-state index in [4.69, 9.17) is 0 Å². The lowest BCUT2D eigenvalue weighted by molar-refractivity contribution is -0.142. The van der Waals surface area contributed by atoms with Gasteiger partial charge in [0.15, 0.2) is 5.78 Å². The van der Waals surface area contributed by atoms with E-state index in [0.29, 0.717) is 0 Å². The summed E-state index contributed by atoms with van der Waals surface area (Å²) in [6, 6.07) is 0. The summed E-state index contributed by atoms with van der Waals surface area (Å²) in [4.78, 5) is 12.4. The van der Waals surface area contributed by atoms with E-state index >= 15 is 0 Å². The molecule has 0 amide bonds. The Morgan fingerprint density at radius 3 is 2.20 bits per heavy atom. The van der Waals surface area contributed by atoms with Crippen LogP contribution in [0.4, 0.5) is 13.2 Å². The number of rotatable bonds is 5. The number of hydrogen-bond acceptors (Lipinski definition) is 2. The first-order chi connectivity index (χ1) is 6.63. The molecule has 0 spiro atoms. The smallest absolute Gasteiger partial charge is 0.294 e. The molecule has 0 unspecified atom stereocenters. The Bertz CT molecular complexity index is 246. The van der Waals surface area contributed by atoms with E-state index in [9.17, 15) is 18.0 Å². The van der Waals surface area contributed by atoms with E-state index in [-0.39, 0.29) is 23.8 Å². The third-order valence-corrected chi connectivity index (χ3v) is 1.78. The predicted molar refractivity (Wildman–Crippen MR) is 52.5 cm³/mol. The molecule has 0 aromatic heterocycles. The normalized spacial score (nSPS) is 12.3. The van der Waals surface area contributed by atoms with Gasteiger partial charge in [-0.25, -0.2) is 0 Å². The zero-order chi connectivity index (χ0) is 12.2. The second-order valence-electron chi connectivity index (χ2n) is 3.91. The third-order valence-electron chi connectivity index (χ3n) is 1.78. The number of likely N-dealkylation sites (N-methyl/N-ethyl adjacent to an activating group) is 1. The first-order valence-corrected chi connectivity index (χ1v) is 4.60. The molecule has 5 heteroatoms. The van der Waals surface area contributed by atoms with E-state index in [1.165, 1.54) is 7.05 Å². The largest absolute Gasteiger partial charge is 0.401 e. The van der Waals surface area contributed by atoms with Gasteiger partial charge in [-0.15, -0.1) is 0 Å². The number of nitrogens with zero attached hydrogens (tertiary/aromatic N) is 1. The van der Waals surface area contributed by atoms with E-state index < -0.39 is 12.7 Å². The van der Waals surface area contributed by atoms with Gasteiger partial charge in [0.2, 0.25) is 0 Å². The Balaban J connectivity index is 4.14. The summed E-state index contributed by atoms with van der Waals surface area (Å²) < 4.78 is 35.9. The second kappa shape index (κ2) is 5.30. The number of carbonyl (C=O) groups excluding carboxylic acids is 1. The van der Waals surface area contributed by atoms with Crippen molar-refractivity contribution in [1.82, 2.24) is 4.90 Å². The molecule has 0 atom stereocenters. The summed E-state index contributed by atoms with van der Waals surface area (Å²) in [5.74, 6) is -0.416. The van der Waals surface area contributed by atoms with Crippen LogP contribution >= 0.6 is 0 Å². The number of hydrogen-bond donors (Lipinski definition) is 0. The van der Waals surface area contributed by atoms with Crippen molar-refractivity contribution >= 4 is 5.78 Å². The van der Waals surface area contributed by atoms with Crippen LogP contribution in [0.2, 0.25) is 0 Å². The standard InChI is InChI=1S/C10H16F3NO/c1-7(2)9(15)8(3)5-14(4)6-10(11,12)13/h7H,3,5-6H2,1-2,4H3. The molecule has 0 aromatic carbocycles. The quantitative estimate of drug-likeness (QED) is 0.666. The average molecular weight is 223 g/mol. The second-order valence-corrected chi connectivity index (χ2v) is 3.91. The highest BCUT2D eigenvalue weighted by atomic mass is 19.4. The first kappa shape index (κ1) is 14.2. The predicted octanol–water partition coefficient (Wildman–Crippen LogP) is 2.26. The van der Waals surface area contributed by atoms with Crippen molar-refractivity contribution in [2.45, 2.75) is 20.0 Å². The maximum atomic E-state index is 12.0. The van der Waals surface area contributed by atoms with Crippen LogP contribution in [0.15, 0.2) is 12.2 Å². The Hall–Kier alpha value is -0.840. The highest BCUT2D eigenvalue weighted by Gasteiger charge is 2.29. The first-order valence-electron chi connectivity index (χ1n) is 4.60. The fraction of sp³-hybridized carbons (Fsp3) is 0.700.